The van der Waals surface area contributed by atoms with Crippen LogP contribution in [0.15, 0.2) is 48.8 Å². The second-order valence-corrected chi connectivity index (χ2v) is 5.32. The summed E-state index contributed by atoms with van der Waals surface area (Å²) in [7, 11) is 3.22. The molecule has 0 fully saturated rings. The van der Waals surface area contributed by atoms with Crippen molar-refractivity contribution in [3.05, 3.63) is 54.4 Å². The van der Waals surface area contributed by atoms with Crippen molar-refractivity contribution in [2.75, 3.05) is 26.1 Å². The Balaban J connectivity index is 1.80. The van der Waals surface area contributed by atoms with Crippen LogP contribution in [-0.2, 0) is 11.3 Å². The van der Waals surface area contributed by atoms with Crippen molar-refractivity contribution in [3.63, 3.8) is 0 Å². The number of nitrogens with one attached hydrogen (secondary N) is 1. The van der Waals surface area contributed by atoms with E-state index in [2.05, 4.69) is 14.9 Å². The number of carbonyl (C=O) groups excluding carboxylic acids is 1. The molecule has 1 aromatic carbocycles. The van der Waals surface area contributed by atoms with E-state index in [1.165, 1.54) is 0 Å². The molecule has 0 aliphatic rings. The monoisotopic (exact) mass is 325 g/mol. The van der Waals surface area contributed by atoms with Crippen molar-refractivity contribution in [2.24, 2.45) is 0 Å². The minimum absolute atomic E-state index is 0.177. The fourth-order valence-corrected chi connectivity index (χ4v) is 2.49. The number of methoxy groups -OCH3 is 2. The number of carbonyl (C=O) groups is 1. The van der Waals surface area contributed by atoms with Crippen LogP contribution in [-0.4, -0.2) is 36.3 Å². The van der Waals surface area contributed by atoms with E-state index >= 15 is 0 Å². The molecule has 2 aromatic heterocycles. The molecule has 124 valence electrons. The highest BCUT2D eigenvalue weighted by Crippen LogP contribution is 2.19. The topological polar surface area (TPSA) is 65.4 Å². The Morgan fingerprint density at radius 1 is 1.21 bits per heavy atom. The van der Waals surface area contributed by atoms with Gasteiger partial charge in [-0.25, -0.2) is 4.98 Å². The first kappa shape index (κ1) is 16.0. The maximum atomic E-state index is 12.5. The van der Waals surface area contributed by atoms with Crippen LogP contribution < -0.4 is 10.1 Å². The van der Waals surface area contributed by atoms with Crippen LogP contribution >= 0.6 is 0 Å². The lowest BCUT2D eigenvalue weighted by atomic mass is 10.1. The molecule has 0 spiro atoms. The first-order valence-corrected chi connectivity index (χ1v) is 7.60. The van der Waals surface area contributed by atoms with Crippen molar-refractivity contribution in [1.82, 2.24) is 9.55 Å². The summed E-state index contributed by atoms with van der Waals surface area (Å²) in [6.07, 6.45) is 3.56. The molecule has 1 amide bonds. The number of amides is 1. The average molecular weight is 325 g/mol. The van der Waals surface area contributed by atoms with Crippen LogP contribution in [0.4, 0.5) is 5.69 Å². The molecule has 6 nitrogen and oxygen atoms in total. The molecule has 3 rings (SSSR count). The summed E-state index contributed by atoms with van der Waals surface area (Å²) >= 11 is 0. The fourth-order valence-electron chi connectivity index (χ4n) is 2.49. The molecule has 3 aromatic rings. The Kier molecular flexibility index (Phi) is 4.77. The molecule has 0 unspecified atom stereocenters. The highest BCUT2D eigenvalue weighted by molar-refractivity contribution is 6.06. The number of pyridine rings is 1. The van der Waals surface area contributed by atoms with Crippen LogP contribution in [0.2, 0.25) is 0 Å². The Bertz CT molecular complexity index is 840. The van der Waals surface area contributed by atoms with E-state index in [0.717, 1.165) is 17.4 Å². The number of benzene rings is 1. The third-order valence-electron chi connectivity index (χ3n) is 3.78. The van der Waals surface area contributed by atoms with Gasteiger partial charge in [0.25, 0.3) is 5.91 Å². The molecule has 2 heterocycles. The third-order valence-corrected chi connectivity index (χ3v) is 3.78. The maximum absolute atomic E-state index is 12.5. The molecule has 6 heteroatoms. The number of nitrogens with zero attached hydrogens (tertiary/aromatic N) is 2. The molecule has 24 heavy (non-hydrogen) atoms. The van der Waals surface area contributed by atoms with Crippen LogP contribution in [0, 0.1) is 0 Å². The predicted octanol–water partition coefficient (Wildman–Crippen LogP) is 2.94. The summed E-state index contributed by atoms with van der Waals surface area (Å²) in [4.78, 5) is 16.5. The SMILES string of the molecule is COCCn1ccc2ccc(C(=O)Nc3ccc(OC)nc3)cc21. The molecule has 0 aliphatic carbocycles. The first-order valence-electron chi connectivity index (χ1n) is 7.60. The molecule has 0 radical (unpaired) electrons. The number of fused-ring (bicyclic) bond motifs is 1. The Labute approximate surface area is 140 Å². The van der Waals surface area contributed by atoms with E-state index in [-0.39, 0.29) is 5.91 Å². The standard InChI is InChI=1S/C18H19N3O3/c1-23-10-9-21-8-7-13-3-4-14(11-16(13)21)18(22)20-15-5-6-17(24-2)19-12-15/h3-8,11-12H,9-10H2,1-2H3,(H,20,22). The number of hydrogen-bond donors (Lipinski definition) is 1. The molecule has 0 saturated carbocycles. The highest BCUT2D eigenvalue weighted by Gasteiger charge is 2.09. The summed E-state index contributed by atoms with van der Waals surface area (Å²) in [6, 6.07) is 11.1. The summed E-state index contributed by atoms with van der Waals surface area (Å²) < 4.78 is 12.2. The number of hydrogen-bond acceptors (Lipinski definition) is 4. The molecule has 0 aliphatic heterocycles. The number of anilines is 1. The van der Waals surface area contributed by atoms with Gasteiger partial charge in [-0.2, -0.15) is 0 Å². The zero-order valence-corrected chi connectivity index (χ0v) is 13.7. The van der Waals surface area contributed by atoms with Gasteiger partial charge < -0.3 is 19.4 Å². The van der Waals surface area contributed by atoms with Crippen molar-refractivity contribution < 1.29 is 14.3 Å². The largest absolute Gasteiger partial charge is 0.481 e. The normalized spacial score (nSPS) is 10.8. The Morgan fingerprint density at radius 3 is 2.79 bits per heavy atom. The highest BCUT2D eigenvalue weighted by atomic mass is 16.5. The molecular formula is C18H19N3O3. The average Bonchev–Trinajstić information content (AvgIpc) is 3.02. The van der Waals surface area contributed by atoms with Crippen LogP contribution in [0.3, 0.4) is 0 Å². The van der Waals surface area contributed by atoms with Gasteiger partial charge in [-0.15, -0.1) is 0 Å². The summed E-state index contributed by atoms with van der Waals surface area (Å²) in [6.45, 7) is 1.37. The molecule has 0 atom stereocenters. The van der Waals surface area contributed by atoms with Gasteiger partial charge in [0.15, 0.2) is 0 Å². The van der Waals surface area contributed by atoms with Crippen molar-refractivity contribution in [2.45, 2.75) is 6.54 Å². The fraction of sp³-hybridized carbons (Fsp3) is 0.222. The zero-order chi connectivity index (χ0) is 16.9. The van der Waals surface area contributed by atoms with E-state index in [1.807, 2.05) is 30.5 Å². The van der Waals surface area contributed by atoms with Gasteiger partial charge in [0, 0.05) is 37.0 Å². The quantitative estimate of drug-likeness (QED) is 0.757. The van der Waals surface area contributed by atoms with E-state index in [4.69, 9.17) is 9.47 Å². The lowest BCUT2D eigenvalue weighted by Gasteiger charge is -2.08. The van der Waals surface area contributed by atoms with Crippen molar-refractivity contribution >= 4 is 22.5 Å². The van der Waals surface area contributed by atoms with Crippen LogP contribution in [0.5, 0.6) is 5.88 Å². The number of ether oxygens (including phenoxy) is 2. The predicted molar refractivity (Wildman–Crippen MR) is 92.6 cm³/mol. The second-order valence-electron chi connectivity index (χ2n) is 5.32. The Morgan fingerprint density at radius 2 is 2.08 bits per heavy atom. The molecule has 1 N–H and O–H groups in total. The maximum Gasteiger partial charge on any atom is 0.255 e. The Hall–Kier alpha value is -2.86. The lowest BCUT2D eigenvalue weighted by Crippen LogP contribution is -2.12. The minimum atomic E-state index is -0.177. The summed E-state index contributed by atoms with van der Waals surface area (Å²) in [5, 5.41) is 3.93. The first-order chi connectivity index (χ1) is 11.7. The van der Waals surface area contributed by atoms with Crippen molar-refractivity contribution in [3.8, 4) is 5.88 Å². The lowest BCUT2D eigenvalue weighted by molar-refractivity contribution is 0.102. The van der Waals surface area contributed by atoms with Crippen LogP contribution in [0.1, 0.15) is 10.4 Å². The summed E-state index contributed by atoms with van der Waals surface area (Å²) in [5.74, 6) is 0.328. The smallest absolute Gasteiger partial charge is 0.255 e. The van der Waals surface area contributed by atoms with E-state index in [1.54, 1.807) is 32.5 Å². The van der Waals surface area contributed by atoms with Gasteiger partial charge in [-0.05, 0) is 29.7 Å². The minimum Gasteiger partial charge on any atom is -0.481 e. The molecule has 0 saturated heterocycles. The van der Waals surface area contributed by atoms with E-state index in [0.29, 0.717) is 23.7 Å². The van der Waals surface area contributed by atoms with Gasteiger partial charge in [0.05, 0.1) is 25.6 Å². The summed E-state index contributed by atoms with van der Waals surface area (Å²) in [5.41, 5.74) is 2.22. The number of rotatable bonds is 6. The zero-order valence-electron chi connectivity index (χ0n) is 13.7. The van der Waals surface area contributed by atoms with E-state index in [9.17, 15) is 4.79 Å². The third kappa shape index (κ3) is 3.38. The second kappa shape index (κ2) is 7.14. The van der Waals surface area contributed by atoms with Gasteiger partial charge in [-0.1, -0.05) is 6.07 Å². The van der Waals surface area contributed by atoms with Gasteiger partial charge in [-0.3, -0.25) is 4.79 Å². The van der Waals surface area contributed by atoms with E-state index < -0.39 is 0 Å². The van der Waals surface area contributed by atoms with Crippen LogP contribution in [0.25, 0.3) is 10.9 Å². The van der Waals surface area contributed by atoms with Crippen molar-refractivity contribution in [1.29, 1.82) is 0 Å². The van der Waals surface area contributed by atoms with Gasteiger partial charge in [0.1, 0.15) is 0 Å². The van der Waals surface area contributed by atoms with Gasteiger partial charge >= 0.3 is 0 Å². The van der Waals surface area contributed by atoms with Gasteiger partial charge in [0.2, 0.25) is 5.88 Å². The molecule has 0 bridgehead atoms. The number of aromatic nitrogens is 2. The molecular weight excluding hydrogens is 306 g/mol.